The monoisotopic (exact) mass is 432 g/mol. The molecule has 1 aliphatic carbocycles. The van der Waals surface area contributed by atoms with Crippen LogP contribution in [0.1, 0.15) is 49.3 Å². The third kappa shape index (κ3) is 3.57. The minimum atomic E-state index is -0.351. The first-order chi connectivity index (χ1) is 15.5. The van der Waals surface area contributed by atoms with Crippen LogP contribution in [0.25, 0.3) is 16.9 Å². The molecule has 7 heteroatoms. The molecule has 1 saturated carbocycles. The van der Waals surface area contributed by atoms with Crippen molar-refractivity contribution >= 4 is 11.2 Å². The van der Waals surface area contributed by atoms with Crippen LogP contribution in [-0.4, -0.2) is 18.7 Å². The zero-order chi connectivity index (χ0) is 22.2. The third-order valence-electron chi connectivity index (χ3n) is 6.29. The molecule has 0 aliphatic heterocycles. The molecular formula is C25H25FN4O2. The number of halogens is 1. The molecule has 0 radical (unpaired) electrons. The highest BCUT2D eigenvalue weighted by Crippen LogP contribution is 2.27. The van der Waals surface area contributed by atoms with Crippen molar-refractivity contribution in [1.82, 2.24) is 18.7 Å². The van der Waals surface area contributed by atoms with Gasteiger partial charge < -0.3 is 4.57 Å². The van der Waals surface area contributed by atoms with Gasteiger partial charge in [-0.15, -0.1) is 0 Å². The van der Waals surface area contributed by atoms with E-state index in [0.29, 0.717) is 23.4 Å². The van der Waals surface area contributed by atoms with Gasteiger partial charge in [0.2, 0.25) is 0 Å². The molecule has 0 N–H and O–H groups in total. The van der Waals surface area contributed by atoms with Crippen LogP contribution in [0.3, 0.4) is 0 Å². The summed E-state index contributed by atoms with van der Waals surface area (Å²) in [7, 11) is 0. The fraction of sp³-hybridized carbons (Fsp3) is 0.320. The summed E-state index contributed by atoms with van der Waals surface area (Å²) >= 11 is 0. The van der Waals surface area contributed by atoms with E-state index in [1.54, 1.807) is 21.5 Å². The van der Waals surface area contributed by atoms with Gasteiger partial charge in [-0.1, -0.05) is 43.5 Å². The Labute approximate surface area is 184 Å². The normalized spacial score (nSPS) is 14.8. The number of nitrogens with zero attached hydrogens (tertiary/aromatic N) is 4. The summed E-state index contributed by atoms with van der Waals surface area (Å²) in [5.74, 6) is -0.330. The van der Waals surface area contributed by atoms with Gasteiger partial charge in [0, 0.05) is 12.6 Å². The lowest BCUT2D eigenvalue weighted by atomic mass is 9.95. The summed E-state index contributed by atoms with van der Waals surface area (Å²) in [6.07, 6.45) is 6.31. The maximum Gasteiger partial charge on any atom is 0.337 e. The van der Waals surface area contributed by atoms with Crippen molar-refractivity contribution in [2.45, 2.75) is 51.6 Å². The van der Waals surface area contributed by atoms with Crippen LogP contribution in [0.15, 0.2) is 64.4 Å². The number of aryl methyl sites for hydroxylation is 1. The fourth-order valence-electron chi connectivity index (χ4n) is 4.77. The maximum atomic E-state index is 13.7. The lowest BCUT2D eigenvalue weighted by Gasteiger charge is -2.24. The summed E-state index contributed by atoms with van der Waals surface area (Å²) < 4.78 is 18.4. The number of benzene rings is 2. The van der Waals surface area contributed by atoms with Gasteiger partial charge in [-0.05, 0) is 55.2 Å². The highest BCUT2D eigenvalue weighted by atomic mass is 19.1. The van der Waals surface area contributed by atoms with E-state index >= 15 is 0 Å². The molecule has 2 aromatic carbocycles. The summed E-state index contributed by atoms with van der Waals surface area (Å²) in [4.78, 5) is 31.8. The quantitative estimate of drug-likeness (QED) is 0.482. The van der Waals surface area contributed by atoms with Crippen LogP contribution in [0.4, 0.5) is 4.39 Å². The SMILES string of the molecule is Cc1cccc(-n2c(=O)n(C3CCCCC3)c(=O)c3c2ncn3Cc2cccc(F)c2)c1. The van der Waals surface area contributed by atoms with Gasteiger partial charge >= 0.3 is 5.69 Å². The van der Waals surface area contributed by atoms with Crippen molar-refractivity contribution in [3.05, 3.63) is 92.6 Å². The van der Waals surface area contributed by atoms with Gasteiger partial charge in [-0.2, -0.15) is 0 Å². The predicted molar refractivity (Wildman–Crippen MR) is 122 cm³/mol. The van der Waals surface area contributed by atoms with Gasteiger partial charge in [0.25, 0.3) is 5.56 Å². The lowest BCUT2D eigenvalue weighted by molar-refractivity contribution is 0.335. The van der Waals surface area contributed by atoms with Crippen molar-refractivity contribution in [1.29, 1.82) is 0 Å². The van der Waals surface area contributed by atoms with E-state index in [0.717, 1.165) is 43.2 Å². The molecule has 1 aliphatic rings. The molecule has 1 fully saturated rings. The van der Waals surface area contributed by atoms with Crippen LogP contribution < -0.4 is 11.2 Å². The largest absolute Gasteiger partial charge is 0.337 e. The smallest absolute Gasteiger partial charge is 0.320 e. The molecule has 2 aromatic heterocycles. The van der Waals surface area contributed by atoms with Crippen LogP contribution in [0, 0.1) is 12.7 Å². The Balaban J connectivity index is 1.77. The minimum Gasteiger partial charge on any atom is -0.320 e. The first-order valence-corrected chi connectivity index (χ1v) is 11.1. The predicted octanol–water partition coefficient (Wildman–Crippen LogP) is 4.35. The lowest BCUT2D eigenvalue weighted by Crippen LogP contribution is -2.43. The van der Waals surface area contributed by atoms with E-state index in [9.17, 15) is 14.0 Å². The Morgan fingerprint density at radius 3 is 2.56 bits per heavy atom. The molecule has 0 atom stereocenters. The maximum absolute atomic E-state index is 13.7. The molecule has 2 heterocycles. The van der Waals surface area contributed by atoms with Crippen LogP contribution in [0.5, 0.6) is 0 Å². The average molecular weight is 432 g/mol. The molecular weight excluding hydrogens is 407 g/mol. The van der Waals surface area contributed by atoms with E-state index < -0.39 is 0 Å². The molecule has 0 amide bonds. The molecule has 0 spiro atoms. The second kappa shape index (κ2) is 8.22. The van der Waals surface area contributed by atoms with Gasteiger partial charge in [0.1, 0.15) is 5.82 Å². The standard InChI is InChI=1S/C25H25FN4O2/c1-17-7-5-12-21(13-17)29-23-22(24(31)30(25(29)32)20-10-3-2-4-11-20)28(16-27-23)15-18-8-6-9-19(26)14-18/h5-9,12-14,16,20H,2-4,10-11,15H2,1H3. The van der Waals surface area contributed by atoms with E-state index in [2.05, 4.69) is 4.98 Å². The Bertz CT molecular complexity index is 1410. The molecule has 0 unspecified atom stereocenters. The Hall–Kier alpha value is -3.48. The second-order valence-electron chi connectivity index (χ2n) is 8.60. The van der Waals surface area contributed by atoms with Gasteiger partial charge in [-0.3, -0.25) is 9.36 Å². The first kappa shape index (κ1) is 20.4. The Morgan fingerprint density at radius 1 is 1.03 bits per heavy atom. The molecule has 32 heavy (non-hydrogen) atoms. The number of rotatable bonds is 4. The zero-order valence-corrected chi connectivity index (χ0v) is 18.0. The molecule has 4 aromatic rings. The zero-order valence-electron chi connectivity index (χ0n) is 18.0. The summed E-state index contributed by atoms with van der Waals surface area (Å²) in [6.45, 7) is 2.26. The number of hydrogen-bond acceptors (Lipinski definition) is 3. The van der Waals surface area contributed by atoms with Crippen LogP contribution in [-0.2, 0) is 6.54 Å². The summed E-state index contributed by atoms with van der Waals surface area (Å²) in [5.41, 5.74) is 2.43. The average Bonchev–Trinajstić information content (AvgIpc) is 3.18. The third-order valence-corrected chi connectivity index (χ3v) is 6.29. The fourth-order valence-corrected chi connectivity index (χ4v) is 4.77. The summed E-state index contributed by atoms with van der Waals surface area (Å²) in [5, 5.41) is 0. The van der Waals surface area contributed by atoms with Crippen molar-refractivity contribution in [2.75, 3.05) is 0 Å². The van der Waals surface area contributed by atoms with Crippen molar-refractivity contribution in [2.24, 2.45) is 0 Å². The van der Waals surface area contributed by atoms with Gasteiger partial charge in [0.05, 0.1) is 12.0 Å². The molecule has 0 saturated heterocycles. The summed E-state index contributed by atoms with van der Waals surface area (Å²) in [6, 6.07) is 13.8. The molecule has 5 rings (SSSR count). The van der Waals surface area contributed by atoms with Crippen LogP contribution in [0.2, 0.25) is 0 Å². The molecule has 164 valence electrons. The second-order valence-corrected chi connectivity index (χ2v) is 8.60. The first-order valence-electron chi connectivity index (χ1n) is 11.1. The highest BCUT2D eigenvalue weighted by Gasteiger charge is 2.25. The van der Waals surface area contributed by atoms with E-state index in [-0.39, 0.29) is 23.1 Å². The van der Waals surface area contributed by atoms with Crippen molar-refractivity contribution in [3.8, 4) is 5.69 Å². The number of fused-ring (bicyclic) bond motifs is 1. The topological polar surface area (TPSA) is 61.8 Å². The molecule has 6 nitrogen and oxygen atoms in total. The van der Waals surface area contributed by atoms with Crippen molar-refractivity contribution in [3.63, 3.8) is 0 Å². The van der Waals surface area contributed by atoms with Crippen LogP contribution >= 0.6 is 0 Å². The number of aromatic nitrogens is 4. The Kier molecular flexibility index (Phi) is 5.25. The van der Waals surface area contributed by atoms with Gasteiger partial charge in [0.15, 0.2) is 11.2 Å². The number of imidazole rings is 1. The van der Waals surface area contributed by atoms with E-state index in [1.165, 1.54) is 16.7 Å². The van der Waals surface area contributed by atoms with E-state index in [1.807, 2.05) is 37.3 Å². The van der Waals surface area contributed by atoms with Gasteiger partial charge in [-0.25, -0.2) is 18.7 Å². The van der Waals surface area contributed by atoms with E-state index in [4.69, 9.17) is 0 Å². The molecule has 0 bridgehead atoms. The van der Waals surface area contributed by atoms with Crippen molar-refractivity contribution < 1.29 is 4.39 Å². The Morgan fingerprint density at radius 2 is 1.81 bits per heavy atom. The number of hydrogen-bond donors (Lipinski definition) is 0. The highest BCUT2D eigenvalue weighted by molar-refractivity contribution is 5.72. The minimum absolute atomic E-state index is 0.123.